The first kappa shape index (κ1) is 27.9. The molecule has 1 unspecified atom stereocenters. The maximum Gasteiger partial charge on any atom is 0.119 e. The van der Waals surface area contributed by atoms with Crippen molar-refractivity contribution in [3.8, 4) is 5.75 Å². The Kier molecular flexibility index (Phi) is 11.5. The summed E-state index contributed by atoms with van der Waals surface area (Å²) in [5, 5.41) is 11.2. The van der Waals surface area contributed by atoms with Crippen molar-refractivity contribution in [2.45, 2.75) is 39.7 Å². The molecule has 1 heterocycles. The number of aliphatic hydroxyl groups excluding tert-OH is 1. The molecule has 31 heavy (non-hydrogen) atoms. The number of aryl methyl sites for hydroxylation is 2. The standard InChI is InChI=1S/C24H33ClN2O2.2ClH/c1-17(2)23-8-7-22(13-19(23)4)29-16-21(28)15-26-9-11-27(12-10-26)24-14-20(25)6-5-18(24)3;;/h5-8,13-14,17,21,28H,9-12,15-16H2,1-4H3;2*1H. The number of hydrogen-bond donors (Lipinski definition) is 1. The molecule has 4 nitrogen and oxygen atoms in total. The van der Waals surface area contributed by atoms with Gasteiger partial charge in [0.05, 0.1) is 0 Å². The minimum absolute atomic E-state index is 0. The highest BCUT2D eigenvalue weighted by Gasteiger charge is 2.21. The Labute approximate surface area is 204 Å². The maximum atomic E-state index is 10.4. The minimum atomic E-state index is -0.500. The summed E-state index contributed by atoms with van der Waals surface area (Å²) >= 11 is 6.17. The normalized spacial score (nSPS) is 15.3. The van der Waals surface area contributed by atoms with Crippen LogP contribution in [0.2, 0.25) is 5.02 Å². The van der Waals surface area contributed by atoms with Crippen LogP contribution in [0.15, 0.2) is 36.4 Å². The predicted octanol–water partition coefficient (Wildman–Crippen LogP) is 5.49. The molecular formula is C24H35Cl3N2O2. The number of β-amino-alcohol motifs (C(OH)–C–C–N with tert-alkyl or cyclic N) is 1. The summed E-state index contributed by atoms with van der Waals surface area (Å²) in [6.07, 6.45) is -0.500. The van der Waals surface area contributed by atoms with Crippen molar-refractivity contribution in [1.29, 1.82) is 0 Å². The average Bonchev–Trinajstić information content (AvgIpc) is 2.69. The molecule has 0 spiro atoms. The Bertz CT molecular complexity index is 824. The van der Waals surface area contributed by atoms with Crippen molar-refractivity contribution in [2.75, 3.05) is 44.2 Å². The predicted molar refractivity (Wildman–Crippen MR) is 136 cm³/mol. The first-order valence-corrected chi connectivity index (χ1v) is 10.9. The minimum Gasteiger partial charge on any atom is -0.491 e. The Balaban J connectivity index is 0.00000240. The van der Waals surface area contributed by atoms with Crippen LogP contribution in [-0.4, -0.2) is 55.4 Å². The highest BCUT2D eigenvalue weighted by molar-refractivity contribution is 6.30. The molecule has 0 aromatic heterocycles. The van der Waals surface area contributed by atoms with Gasteiger partial charge in [-0.3, -0.25) is 4.90 Å². The smallest absolute Gasteiger partial charge is 0.119 e. The van der Waals surface area contributed by atoms with E-state index in [1.54, 1.807) is 0 Å². The van der Waals surface area contributed by atoms with Gasteiger partial charge in [-0.2, -0.15) is 0 Å². The van der Waals surface area contributed by atoms with Crippen LogP contribution < -0.4 is 9.64 Å². The Hall–Kier alpha value is -1.17. The van der Waals surface area contributed by atoms with Crippen molar-refractivity contribution in [2.24, 2.45) is 0 Å². The summed E-state index contributed by atoms with van der Waals surface area (Å²) in [5.74, 6) is 1.33. The van der Waals surface area contributed by atoms with Crippen LogP contribution in [-0.2, 0) is 0 Å². The lowest BCUT2D eigenvalue weighted by atomic mass is 9.98. The van der Waals surface area contributed by atoms with Crippen LogP contribution in [0, 0.1) is 13.8 Å². The van der Waals surface area contributed by atoms with E-state index in [9.17, 15) is 5.11 Å². The van der Waals surface area contributed by atoms with Gasteiger partial charge in [0.25, 0.3) is 0 Å². The van der Waals surface area contributed by atoms with Gasteiger partial charge in [0.1, 0.15) is 18.5 Å². The number of piperazine rings is 1. The van der Waals surface area contributed by atoms with E-state index in [1.165, 1.54) is 22.4 Å². The van der Waals surface area contributed by atoms with Crippen LogP contribution >= 0.6 is 36.4 Å². The summed E-state index contributed by atoms with van der Waals surface area (Å²) in [6, 6.07) is 12.2. The molecule has 3 rings (SSSR count). The molecule has 1 N–H and O–H groups in total. The first-order chi connectivity index (χ1) is 13.8. The molecular weight excluding hydrogens is 455 g/mol. The second-order valence-electron chi connectivity index (χ2n) is 8.36. The lowest BCUT2D eigenvalue weighted by Crippen LogP contribution is -2.49. The number of ether oxygens (including phenoxy) is 1. The van der Waals surface area contributed by atoms with Crippen LogP contribution in [0.4, 0.5) is 5.69 Å². The van der Waals surface area contributed by atoms with Crippen LogP contribution in [0.25, 0.3) is 0 Å². The number of benzene rings is 2. The fourth-order valence-electron chi connectivity index (χ4n) is 4.02. The highest BCUT2D eigenvalue weighted by Crippen LogP contribution is 2.26. The van der Waals surface area contributed by atoms with E-state index >= 15 is 0 Å². The molecule has 1 aliphatic heterocycles. The quantitative estimate of drug-likeness (QED) is 0.558. The summed E-state index contributed by atoms with van der Waals surface area (Å²) in [5.41, 5.74) is 5.03. The zero-order valence-corrected chi connectivity index (χ0v) is 21.2. The van der Waals surface area contributed by atoms with Gasteiger partial charge in [0, 0.05) is 43.4 Å². The van der Waals surface area contributed by atoms with Crippen molar-refractivity contribution in [3.05, 3.63) is 58.1 Å². The molecule has 1 aliphatic rings. The number of hydrogen-bond acceptors (Lipinski definition) is 4. The summed E-state index contributed by atoms with van der Waals surface area (Å²) in [6.45, 7) is 13.3. The maximum absolute atomic E-state index is 10.4. The second-order valence-corrected chi connectivity index (χ2v) is 8.79. The Morgan fingerprint density at radius 1 is 0.968 bits per heavy atom. The zero-order valence-electron chi connectivity index (χ0n) is 18.8. The van der Waals surface area contributed by atoms with Gasteiger partial charge in [-0.15, -0.1) is 24.8 Å². The van der Waals surface area contributed by atoms with Gasteiger partial charge in [-0.25, -0.2) is 0 Å². The molecule has 0 bridgehead atoms. The molecule has 0 saturated carbocycles. The van der Waals surface area contributed by atoms with Crippen molar-refractivity contribution >= 4 is 42.1 Å². The SMILES string of the molecule is Cc1cc(OCC(O)CN2CCN(c3cc(Cl)ccc3C)CC2)ccc1C(C)C.Cl.Cl. The number of halogens is 3. The van der Waals surface area contributed by atoms with Gasteiger partial charge in [0.15, 0.2) is 0 Å². The number of rotatable bonds is 7. The van der Waals surface area contributed by atoms with E-state index in [4.69, 9.17) is 16.3 Å². The van der Waals surface area contributed by atoms with Gasteiger partial charge in [-0.1, -0.05) is 37.6 Å². The molecule has 2 aromatic rings. The topological polar surface area (TPSA) is 35.9 Å². The molecule has 0 aliphatic carbocycles. The molecule has 2 aromatic carbocycles. The third-order valence-corrected chi connectivity index (χ3v) is 5.89. The number of aliphatic hydroxyl groups is 1. The Morgan fingerprint density at radius 3 is 2.26 bits per heavy atom. The molecule has 1 saturated heterocycles. The monoisotopic (exact) mass is 488 g/mol. The largest absolute Gasteiger partial charge is 0.491 e. The molecule has 7 heteroatoms. The second kappa shape index (κ2) is 12.8. The van der Waals surface area contributed by atoms with E-state index in [-0.39, 0.29) is 24.8 Å². The number of nitrogens with zero attached hydrogens (tertiary/aromatic N) is 2. The van der Waals surface area contributed by atoms with Crippen molar-refractivity contribution in [3.63, 3.8) is 0 Å². The van der Waals surface area contributed by atoms with Crippen LogP contribution in [0.3, 0.4) is 0 Å². The lowest BCUT2D eigenvalue weighted by Gasteiger charge is -2.37. The van der Waals surface area contributed by atoms with E-state index < -0.39 is 6.10 Å². The van der Waals surface area contributed by atoms with Crippen LogP contribution in [0.5, 0.6) is 5.75 Å². The van der Waals surface area contributed by atoms with Gasteiger partial charge >= 0.3 is 0 Å². The molecule has 0 radical (unpaired) electrons. The molecule has 0 amide bonds. The van der Waals surface area contributed by atoms with E-state index in [0.29, 0.717) is 19.1 Å². The first-order valence-electron chi connectivity index (χ1n) is 10.5. The number of anilines is 1. The third-order valence-electron chi connectivity index (χ3n) is 5.66. The van der Waals surface area contributed by atoms with Gasteiger partial charge in [-0.05, 0) is 60.7 Å². The highest BCUT2D eigenvalue weighted by atomic mass is 35.5. The molecule has 1 fully saturated rings. The average molecular weight is 490 g/mol. The van der Waals surface area contributed by atoms with E-state index in [1.807, 2.05) is 18.2 Å². The van der Waals surface area contributed by atoms with E-state index in [2.05, 4.69) is 55.7 Å². The molecule has 174 valence electrons. The fourth-order valence-corrected chi connectivity index (χ4v) is 4.19. The summed E-state index contributed by atoms with van der Waals surface area (Å²) in [7, 11) is 0. The molecule has 1 atom stereocenters. The van der Waals surface area contributed by atoms with Gasteiger partial charge in [0.2, 0.25) is 0 Å². The Morgan fingerprint density at radius 2 is 1.65 bits per heavy atom. The van der Waals surface area contributed by atoms with Crippen molar-refractivity contribution < 1.29 is 9.84 Å². The zero-order chi connectivity index (χ0) is 21.0. The fraction of sp³-hybridized carbons (Fsp3) is 0.500. The van der Waals surface area contributed by atoms with Crippen molar-refractivity contribution in [1.82, 2.24) is 4.90 Å². The third kappa shape index (κ3) is 7.73. The van der Waals surface area contributed by atoms with Gasteiger partial charge < -0.3 is 14.7 Å². The van der Waals surface area contributed by atoms with E-state index in [0.717, 1.165) is 37.0 Å². The van der Waals surface area contributed by atoms with Crippen LogP contribution in [0.1, 0.15) is 36.5 Å². The summed E-state index contributed by atoms with van der Waals surface area (Å²) < 4.78 is 5.84. The lowest BCUT2D eigenvalue weighted by molar-refractivity contribution is 0.0663. The summed E-state index contributed by atoms with van der Waals surface area (Å²) in [4.78, 5) is 4.68.